The predicted molar refractivity (Wildman–Crippen MR) is 100 cm³/mol. The van der Waals surface area contributed by atoms with Crippen molar-refractivity contribution >= 4 is 34.7 Å². The van der Waals surface area contributed by atoms with Crippen LogP contribution in [0, 0.1) is 13.8 Å². The molecule has 25 heavy (non-hydrogen) atoms. The Morgan fingerprint density at radius 3 is 2.48 bits per heavy atom. The van der Waals surface area contributed by atoms with Crippen molar-refractivity contribution in [3.05, 3.63) is 58.7 Å². The third-order valence-electron chi connectivity index (χ3n) is 3.70. The zero-order valence-corrected chi connectivity index (χ0v) is 14.9. The molecule has 128 valence electrons. The van der Waals surface area contributed by atoms with Crippen molar-refractivity contribution in [2.24, 2.45) is 0 Å². The van der Waals surface area contributed by atoms with E-state index in [9.17, 15) is 0 Å². The Labute approximate surface area is 151 Å². The molecule has 2 N–H and O–H groups in total. The molecule has 0 bridgehead atoms. The number of rotatable bonds is 5. The van der Waals surface area contributed by atoms with Crippen LogP contribution in [0.25, 0.3) is 0 Å². The zero-order valence-electron chi connectivity index (χ0n) is 14.2. The van der Waals surface area contributed by atoms with E-state index in [4.69, 9.17) is 16.3 Å². The van der Waals surface area contributed by atoms with Gasteiger partial charge in [-0.3, -0.25) is 0 Å². The quantitative estimate of drug-likeness (QED) is 0.694. The molecule has 0 amide bonds. The number of methoxy groups -OCH3 is 1. The molecule has 0 aliphatic carbocycles. The third-order valence-corrected chi connectivity index (χ3v) is 4.00. The van der Waals surface area contributed by atoms with E-state index >= 15 is 0 Å². The van der Waals surface area contributed by atoms with Crippen LogP contribution in [-0.2, 0) is 0 Å². The Balaban J connectivity index is 1.81. The number of halogens is 1. The van der Waals surface area contributed by atoms with E-state index in [1.54, 1.807) is 25.4 Å². The molecule has 3 rings (SSSR count). The monoisotopic (exact) mass is 355 g/mol. The van der Waals surface area contributed by atoms with E-state index in [1.807, 2.05) is 38.1 Å². The number of ether oxygens (including phenoxy) is 1. The number of para-hydroxylation sites is 1. The van der Waals surface area contributed by atoms with E-state index in [0.29, 0.717) is 22.5 Å². The summed E-state index contributed by atoms with van der Waals surface area (Å²) in [7, 11) is 1.58. The summed E-state index contributed by atoms with van der Waals surface area (Å²) in [5.41, 5.74) is 3.99. The predicted octanol–water partition coefficient (Wildman–Crippen LogP) is 4.64. The second-order valence-corrected chi connectivity index (χ2v) is 5.94. The summed E-state index contributed by atoms with van der Waals surface area (Å²) in [5, 5.41) is 14.9. The van der Waals surface area contributed by atoms with E-state index in [0.717, 1.165) is 22.5 Å². The van der Waals surface area contributed by atoms with Gasteiger partial charge in [0.1, 0.15) is 5.75 Å². The van der Waals surface area contributed by atoms with Crippen LogP contribution in [0.15, 0.2) is 42.6 Å². The number of benzene rings is 2. The molecule has 0 saturated carbocycles. The number of nitrogens with zero attached hydrogens (tertiary/aromatic N) is 3. The van der Waals surface area contributed by atoms with Gasteiger partial charge >= 0.3 is 0 Å². The van der Waals surface area contributed by atoms with Crippen molar-refractivity contribution in [3.8, 4) is 5.75 Å². The number of hydrogen-bond acceptors (Lipinski definition) is 6. The summed E-state index contributed by atoms with van der Waals surface area (Å²) in [5.74, 6) is 1.59. The smallest absolute Gasteiger partial charge is 0.249 e. The summed E-state index contributed by atoms with van der Waals surface area (Å²) in [4.78, 5) is 4.45. The van der Waals surface area contributed by atoms with Gasteiger partial charge in [0, 0.05) is 11.4 Å². The van der Waals surface area contributed by atoms with Crippen LogP contribution in [0.5, 0.6) is 5.75 Å². The maximum absolute atomic E-state index is 6.14. The van der Waals surface area contributed by atoms with E-state index in [1.165, 1.54) is 0 Å². The van der Waals surface area contributed by atoms with Crippen LogP contribution >= 0.6 is 11.6 Å². The summed E-state index contributed by atoms with van der Waals surface area (Å²) >= 11 is 6.14. The second kappa shape index (κ2) is 7.36. The molecule has 0 spiro atoms. The van der Waals surface area contributed by atoms with Crippen molar-refractivity contribution < 1.29 is 4.74 Å². The first-order valence-corrected chi connectivity index (χ1v) is 8.08. The standard InChI is InChI=1S/C18H18ClN5O/c1-11-5-4-6-12(2)17(11)23-18-22-16(10-20-24-18)21-13-7-8-15(25-3)14(19)9-13/h4-10H,1-3H3,(H2,21,22,23,24). The molecule has 0 radical (unpaired) electrons. The molecule has 1 heterocycles. The molecule has 0 aliphatic rings. The summed E-state index contributed by atoms with van der Waals surface area (Å²) < 4.78 is 5.15. The molecule has 1 aromatic heterocycles. The third kappa shape index (κ3) is 3.97. The maximum atomic E-state index is 6.14. The van der Waals surface area contributed by atoms with Crippen LogP contribution in [0.1, 0.15) is 11.1 Å². The highest BCUT2D eigenvalue weighted by molar-refractivity contribution is 6.32. The van der Waals surface area contributed by atoms with Gasteiger partial charge in [-0.05, 0) is 43.2 Å². The number of anilines is 4. The molecule has 0 unspecified atom stereocenters. The lowest BCUT2D eigenvalue weighted by atomic mass is 10.1. The first-order valence-electron chi connectivity index (χ1n) is 7.70. The lowest BCUT2D eigenvalue weighted by molar-refractivity contribution is 0.415. The largest absolute Gasteiger partial charge is 0.495 e. The molecule has 3 aromatic rings. The molecular weight excluding hydrogens is 338 g/mol. The average Bonchev–Trinajstić information content (AvgIpc) is 2.59. The Morgan fingerprint density at radius 2 is 1.80 bits per heavy atom. The van der Waals surface area contributed by atoms with Gasteiger partial charge in [0.2, 0.25) is 5.95 Å². The molecule has 2 aromatic carbocycles. The SMILES string of the molecule is COc1ccc(Nc2cnnc(Nc3c(C)cccc3C)n2)cc1Cl. The Hall–Kier alpha value is -2.86. The average molecular weight is 356 g/mol. The van der Waals surface area contributed by atoms with Crippen molar-refractivity contribution in [1.82, 2.24) is 15.2 Å². The minimum Gasteiger partial charge on any atom is -0.495 e. The number of hydrogen-bond donors (Lipinski definition) is 2. The van der Waals surface area contributed by atoms with E-state index < -0.39 is 0 Å². The topological polar surface area (TPSA) is 72.0 Å². The van der Waals surface area contributed by atoms with Crippen molar-refractivity contribution in [2.45, 2.75) is 13.8 Å². The van der Waals surface area contributed by atoms with Crippen molar-refractivity contribution in [3.63, 3.8) is 0 Å². The van der Waals surface area contributed by atoms with Crippen LogP contribution in [0.4, 0.5) is 23.1 Å². The number of aryl methyl sites for hydroxylation is 2. The van der Waals surface area contributed by atoms with Gasteiger partial charge in [0.05, 0.1) is 18.3 Å². The Kier molecular flexibility index (Phi) is 5.00. The Bertz CT molecular complexity index is 880. The van der Waals surface area contributed by atoms with Crippen LogP contribution < -0.4 is 15.4 Å². The van der Waals surface area contributed by atoms with Crippen LogP contribution in [0.3, 0.4) is 0 Å². The molecule has 0 atom stereocenters. The highest BCUT2D eigenvalue weighted by Crippen LogP contribution is 2.28. The van der Waals surface area contributed by atoms with Gasteiger partial charge in [-0.1, -0.05) is 29.8 Å². The molecule has 7 heteroatoms. The summed E-state index contributed by atoms with van der Waals surface area (Å²) in [6.45, 7) is 4.06. The lowest BCUT2D eigenvalue weighted by Crippen LogP contribution is -2.04. The van der Waals surface area contributed by atoms with Crippen molar-refractivity contribution in [1.29, 1.82) is 0 Å². The van der Waals surface area contributed by atoms with E-state index in [2.05, 4.69) is 25.8 Å². The minimum absolute atomic E-state index is 0.419. The molecular formula is C18H18ClN5O. The highest BCUT2D eigenvalue weighted by atomic mass is 35.5. The van der Waals surface area contributed by atoms with Gasteiger partial charge in [-0.2, -0.15) is 10.1 Å². The minimum atomic E-state index is 0.419. The number of aromatic nitrogens is 3. The van der Waals surface area contributed by atoms with Gasteiger partial charge < -0.3 is 15.4 Å². The van der Waals surface area contributed by atoms with Crippen LogP contribution in [0.2, 0.25) is 5.02 Å². The second-order valence-electron chi connectivity index (χ2n) is 5.53. The normalized spacial score (nSPS) is 10.4. The fourth-order valence-electron chi connectivity index (χ4n) is 2.43. The Morgan fingerprint density at radius 1 is 1.04 bits per heavy atom. The lowest BCUT2D eigenvalue weighted by Gasteiger charge is -2.12. The zero-order chi connectivity index (χ0) is 17.8. The molecule has 0 saturated heterocycles. The fraction of sp³-hybridized carbons (Fsp3) is 0.167. The van der Waals surface area contributed by atoms with Crippen molar-refractivity contribution in [2.75, 3.05) is 17.7 Å². The van der Waals surface area contributed by atoms with Gasteiger partial charge in [-0.25, -0.2) is 0 Å². The number of nitrogens with one attached hydrogen (secondary N) is 2. The van der Waals surface area contributed by atoms with Gasteiger partial charge in [0.25, 0.3) is 0 Å². The van der Waals surface area contributed by atoms with Gasteiger partial charge in [0.15, 0.2) is 5.82 Å². The van der Waals surface area contributed by atoms with E-state index in [-0.39, 0.29) is 0 Å². The first kappa shape index (κ1) is 17.0. The van der Waals surface area contributed by atoms with Gasteiger partial charge in [-0.15, -0.1) is 5.10 Å². The first-order chi connectivity index (χ1) is 12.1. The molecule has 0 aliphatic heterocycles. The maximum Gasteiger partial charge on any atom is 0.249 e. The summed E-state index contributed by atoms with van der Waals surface area (Å²) in [6.07, 6.45) is 1.55. The van der Waals surface area contributed by atoms with Crippen LogP contribution in [-0.4, -0.2) is 22.3 Å². The molecule has 6 nitrogen and oxygen atoms in total. The summed E-state index contributed by atoms with van der Waals surface area (Å²) in [6, 6.07) is 11.5. The fourth-order valence-corrected chi connectivity index (χ4v) is 2.69. The highest BCUT2D eigenvalue weighted by Gasteiger charge is 2.07. The molecule has 0 fully saturated rings.